The van der Waals surface area contributed by atoms with Gasteiger partial charge in [0.1, 0.15) is 5.75 Å². The molecule has 158 valence electrons. The summed E-state index contributed by atoms with van der Waals surface area (Å²) in [6.45, 7) is 4.15. The first-order valence-corrected chi connectivity index (χ1v) is 10.8. The van der Waals surface area contributed by atoms with E-state index in [1.807, 2.05) is 59.6 Å². The van der Waals surface area contributed by atoms with E-state index in [9.17, 15) is 4.79 Å². The Labute approximate surface area is 184 Å². The van der Waals surface area contributed by atoms with Crippen molar-refractivity contribution >= 4 is 17.5 Å². The zero-order valence-corrected chi connectivity index (χ0v) is 18.4. The molecule has 0 saturated heterocycles. The molecule has 0 radical (unpaired) electrons. The summed E-state index contributed by atoms with van der Waals surface area (Å²) in [5.74, 6) is 0.608. The Kier molecular flexibility index (Phi) is 7.97. The fraction of sp³-hybridized carbons (Fsp3) is 0.320. The Morgan fingerprint density at radius 2 is 1.90 bits per heavy atom. The molecular formula is C25H29ClN2O2. The second-order valence-corrected chi connectivity index (χ2v) is 7.83. The summed E-state index contributed by atoms with van der Waals surface area (Å²) in [4.78, 5) is 15.3. The van der Waals surface area contributed by atoms with Crippen LogP contribution < -0.4 is 4.74 Å². The van der Waals surface area contributed by atoms with Gasteiger partial charge in [0.05, 0.1) is 19.2 Å². The summed E-state index contributed by atoms with van der Waals surface area (Å²) >= 11 is 6.14. The van der Waals surface area contributed by atoms with E-state index < -0.39 is 0 Å². The van der Waals surface area contributed by atoms with Gasteiger partial charge in [-0.05, 0) is 48.4 Å². The van der Waals surface area contributed by atoms with Crippen LogP contribution in [-0.2, 0) is 13.1 Å². The van der Waals surface area contributed by atoms with Gasteiger partial charge in [-0.25, -0.2) is 0 Å². The molecule has 0 aliphatic rings. The smallest absolute Gasteiger partial charge is 0.257 e. The highest BCUT2D eigenvalue weighted by molar-refractivity contribution is 6.30. The first-order chi connectivity index (χ1) is 14.6. The Hall–Kier alpha value is -2.72. The van der Waals surface area contributed by atoms with Crippen LogP contribution in [0.4, 0.5) is 0 Å². The van der Waals surface area contributed by atoms with Crippen molar-refractivity contribution in [2.75, 3.05) is 13.7 Å². The maximum atomic E-state index is 13.4. The number of carbonyl (C=O) groups is 1. The van der Waals surface area contributed by atoms with Gasteiger partial charge in [-0.15, -0.1) is 0 Å². The molecule has 3 rings (SSSR count). The normalized spacial score (nSPS) is 10.8. The van der Waals surface area contributed by atoms with E-state index in [2.05, 4.69) is 23.6 Å². The van der Waals surface area contributed by atoms with Crippen LogP contribution in [0.25, 0.3) is 0 Å². The van der Waals surface area contributed by atoms with Crippen molar-refractivity contribution < 1.29 is 9.53 Å². The molecule has 0 aliphatic carbocycles. The van der Waals surface area contributed by atoms with Gasteiger partial charge in [-0.1, -0.05) is 55.6 Å². The molecule has 0 fully saturated rings. The molecule has 0 saturated carbocycles. The van der Waals surface area contributed by atoms with E-state index in [1.54, 1.807) is 7.11 Å². The molecule has 30 heavy (non-hydrogen) atoms. The summed E-state index contributed by atoms with van der Waals surface area (Å²) in [6, 6.07) is 19.4. The molecule has 0 spiro atoms. The number of carbonyl (C=O) groups excluding carboxylic acids is 1. The number of ether oxygens (including phenoxy) is 1. The van der Waals surface area contributed by atoms with Gasteiger partial charge >= 0.3 is 0 Å². The first-order valence-electron chi connectivity index (χ1n) is 10.4. The quantitative estimate of drug-likeness (QED) is 0.372. The number of unbranched alkanes of at least 4 members (excludes halogenated alkanes) is 2. The SMILES string of the molecule is CCCCCN(Cc1cccn1Cc1cccc(Cl)c1)C(=O)c1ccccc1OC. The van der Waals surface area contributed by atoms with E-state index in [4.69, 9.17) is 16.3 Å². The van der Waals surface area contributed by atoms with Crippen LogP contribution >= 0.6 is 11.6 Å². The minimum atomic E-state index is -0.000872. The topological polar surface area (TPSA) is 34.5 Å². The maximum absolute atomic E-state index is 13.4. The lowest BCUT2D eigenvalue weighted by atomic mass is 10.1. The summed E-state index contributed by atoms with van der Waals surface area (Å²) < 4.78 is 7.60. The molecule has 1 heterocycles. The molecule has 0 N–H and O–H groups in total. The van der Waals surface area contributed by atoms with Crippen molar-refractivity contribution in [1.82, 2.24) is 9.47 Å². The lowest BCUT2D eigenvalue weighted by Gasteiger charge is -2.24. The van der Waals surface area contributed by atoms with Gasteiger partial charge in [-0.3, -0.25) is 4.79 Å². The molecular weight excluding hydrogens is 396 g/mol. The Balaban J connectivity index is 1.82. The average Bonchev–Trinajstić information content (AvgIpc) is 3.19. The standard InChI is InChI=1S/C25H29ClN2O2/c1-3-4-7-15-28(25(29)23-13-5-6-14-24(23)30-2)19-22-12-9-16-27(22)18-20-10-8-11-21(26)17-20/h5-6,8-14,16-17H,3-4,7,15,18-19H2,1-2H3. The number of amides is 1. The van der Waals surface area contributed by atoms with Gasteiger partial charge in [0.15, 0.2) is 0 Å². The van der Waals surface area contributed by atoms with Crippen molar-refractivity contribution in [3.05, 3.63) is 88.7 Å². The van der Waals surface area contributed by atoms with Crippen molar-refractivity contribution in [1.29, 1.82) is 0 Å². The fourth-order valence-corrected chi connectivity index (χ4v) is 3.78. The van der Waals surface area contributed by atoms with Gasteiger partial charge in [0, 0.05) is 30.0 Å². The lowest BCUT2D eigenvalue weighted by molar-refractivity contribution is 0.0733. The number of rotatable bonds is 10. The van der Waals surface area contributed by atoms with E-state index in [0.29, 0.717) is 30.9 Å². The molecule has 0 unspecified atom stereocenters. The van der Waals surface area contributed by atoms with Crippen LogP contribution in [0.2, 0.25) is 5.02 Å². The molecule has 0 atom stereocenters. The fourth-order valence-electron chi connectivity index (χ4n) is 3.57. The Bertz CT molecular complexity index is 967. The lowest BCUT2D eigenvalue weighted by Crippen LogP contribution is -2.32. The van der Waals surface area contributed by atoms with E-state index >= 15 is 0 Å². The van der Waals surface area contributed by atoms with Crippen molar-refractivity contribution in [2.24, 2.45) is 0 Å². The van der Waals surface area contributed by atoms with Crippen molar-refractivity contribution in [3.8, 4) is 5.75 Å². The highest BCUT2D eigenvalue weighted by Crippen LogP contribution is 2.22. The Morgan fingerprint density at radius 1 is 1.07 bits per heavy atom. The molecule has 4 nitrogen and oxygen atoms in total. The molecule has 1 amide bonds. The number of para-hydroxylation sites is 1. The molecule has 0 bridgehead atoms. The number of halogens is 1. The van der Waals surface area contributed by atoms with Gasteiger partial charge in [-0.2, -0.15) is 0 Å². The van der Waals surface area contributed by atoms with E-state index in [-0.39, 0.29) is 5.91 Å². The summed E-state index contributed by atoms with van der Waals surface area (Å²) in [5, 5.41) is 0.730. The molecule has 5 heteroatoms. The number of nitrogens with zero attached hydrogens (tertiary/aromatic N) is 2. The second-order valence-electron chi connectivity index (χ2n) is 7.39. The van der Waals surface area contributed by atoms with E-state index in [0.717, 1.165) is 35.5 Å². The zero-order valence-electron chi connectivity index (χ0n) is 17.7. The van der Waals surface area contributed by atoms with Crippen LogP contribution in [0, 0.1) is 0 Å². The second kappa shape index (κ2) is 10.9. The monoisotopic (exact) mass is 424 g/mol. The molecule has 1 aromatic heterocycles. The van der Waals surface area contributed by atoms with Gasteiger partial charge in [0.2, 0.25) is 0 Å². The number of methoxy groups -OCH3 is 1. The molecule has 3 aromatic rings. The number of hydrogen-bond acceptors (Lipinski definition) is 2. The molecule has 0 aliphatic heterocycles. The predicted octanol–water partition coefficient (Wildman–Crippen LogP) is 6.03. The highest BCUT2D eigenvalue weighted by atomic mass is 35.5. The first kappa shape index (κ1) is 22.0. The van der Waals surface area contributed by atoms with Gasteiger partial charge < -0.3 is 14.2 Å². The third-order valence-electron chi connectivity index (χ3n) is 5.17. The van der Waals surface area contributed by atoms with Gasteiger partial charge in [0.25, 0.3) is 5.91 Å². The minimum Gasteiger partial charge on any atom is -0.496 e. The summed E-state index contributed by atoms with van der Waals surface area (Å²) in [7, 11) is 1.60. The minimum absolute atomic E-state index is 0.000872. The number of hydrogen-bond donors (Lipinski definition) is 0. The van der Waals surface area contributed by atoms with Crippen LogP contribution in [0.15, 0.2) is 66.9 Å². The molecule has 2 aromatic carbocycles. The van der Waals surface area contributed by atoms with Crippen molar-refractivity contribution in [2.45, 2.75) is 39.3 Å². The van der Waals surface area contributed by atoms with Crippen LogP contribution in [0.1, 0.15) is 47.8 Å². The number of aromatic nitrogens is 1. The Morgan fingerprint density at radius 3 is 2.67 bits per heavy atom. The van der Waals surface area contributed by atoms with Crippen LogP contribution in [-0.4, -0.2) is 29.0 Å². The third-order valence-corrected chi connectivity index (χ3v) is 5.41. The van der Waals surface area contributed by atoms with Crippen molar-refractivity contribution in [3.63, 3.8) is 0 Å². The third kappa shape index (κ3) is 5.67. The van der Waals surface area contributed by atoms with Crippen LogP contribution in [0.3, 0.4) is 0 Å². The predicted molar refractivity (Wildman–Crippen MR) is 122 cm³/mol. The van der Waals surface area contributed by atoms with Crippen LogP contribution in [0.5, 0.6) is 5.75 Å². The maximum Gasteiger partial charge on any atom is 0.257 e. The summed E-state index contributed by atoms with van der Waals surface area (Å²) in [6.07, 6.45) is 5.24. The average molecular weight is 425 g/mol. The number of benzene rings is 2. The zero-order chi connectivity index (χ0) is 21.3. The van der Waals surface area contributed by atoms with E-state index in [1.165, 1.54) is 0 Å². The largest absolute Gasteiger partial charge is 0.496 e. The highest BCUT2D eigenvalue weighted by Gasteiger charge is 2.20. The summed E-state index contributed by atoms with van der Waals surface area (Å²) in [5.41, 5.74) is 2.83.